The Morgan fingerprint density at radius 1 is 1.08 bits per heavy atom. The first-order valence-electron chi connectivity index (χ1n) is 12.2. The quantitative estimate of drug-likeness (QED) is 0.311. The molecule has 0 aliphatic carbocycles. The number of anilines is 3. The molecule has 1 aliphatic rings. The number of aromatic nitrogens is 2. The third-order valence-corrected chi connectivity index (χ3v) is 6.42. The first-order chi connectivity index (χ1) is 18.4. The van der Waals surface area contributed by atoms with E-state index in [1.54, 1.807) is 30.5 Å². The Morgan fingerprint density at radius 2 is 1.84 bits per heavy atom. The molecule has 5 rings (SSSR count). The van der Waals surface area contributed by atoms with E-state index in [-0.39, 0.29) is 24.3 Å². The van der Waals surface area contributed by atoms with Gasteiger partial charge in [-0.15, -0.1) is 0 Å². The largest absolute Gasteiger partial charge is 0.344 e. The highest BCUT2D eigenvalue weighted by Crippen LogP contribution is 2.34. The lowest BCUT2D eigenvalue weighted by molar-refractivity contribution is -0.115. The van der Waals surface area contributed by atoms with Gasteiger partial charge in [0.25, 0.3) is 5.91 Å². The minimum atomic E-state index is -0.152. The van der Waals surface area contributed by atoms with E-state index in [2.05, 4.69) is 20.9 Å². The fraction of sp³-hybridized carbons (Fsp3) is 0.172. The normalized spacial score (nSPS) is 13.1. The molecule has 192 valence electrons. The average Bonchev–Trinajstić information content (AvgIpc) is 3.03. The summed E-state index contributed by atoms with van der Waals surface area (Å²) in [6.07, 6.45) is 1.83. The van der Waals surface area contributed by atoms with Gasteiger partial charge in [0.1, 0.15) is 0 Å². The van der Waals surface area contributed by atoms with Gasteiger partial charge in [0.15, 0.2) is 0 Å². The summed E-state index contributed by atoms with van der Waals surface area (Å²) >= 11 is 6.13. The molecule has 0 saturated carbocycles. The number of nitrogens with zero attached hydrogens (tertiary/aromatic N) is 3. The van der Waals surface area contributed by atoms with Gasteiger partial charge in [-0.2, -0.15) is 0 Å². The molecule has 0 saturated heterocycles. The second kappa shape index (κ2) is 11.0. The molecule has 3 N–H and O–H groups in total. The smallest absolute Gasteiger partial charge is 0.251 e. The van der Waals surface area contributed by atoms with Crippen molar-refractivity contribution in [1.82, 2.24) is 20.2 Å². The van der Waals surface area contributed by atoms with Gasteiger partial charge in [-0.25, -0.2) is 9.97 Å². The Bertz CT molecular complexity index is 1470. The lowest BCUT2D eigenvalue weighted by Crippen LogP contribution is -2.35. The number of halogens is 1. The standard InChI is InChI=1S/C29H27ClN6O2/c1-36(2)17-25(18-6-4-3-5-7-18)34-28(38)19-8-11-22(12-9-19)32-29-31-16-20-14-26(37)33-24-15-21(30)10-13-23(24)27(20)35-29/h3-13,15-16,25H,14,17H2,1-2H3,(H,33,37)(H,34,38)(H,31,32,35). The number of hydrogen-bond donors (Lipinski definition) is 3. The molecule has 8 nitrogen and oxygen atoms in total. The molecule has 9 heteroatoms. The van der Waals surface area contributed by atoms with E-state index < -0.39 is 0 Å². The Balaban J connectivity index is 1.33. The molecule has 1 atom stereocenters. The number of rotatable bonds is 7. The highest BCUT2D eigenvalue weighted by molar-refractivity contribution is 6.31. The van der Waals surface area contributed by atoms with Gasteiger partial charge in [-0.3, -0.25) is 9.59 Å². The molecule has 0 spiro atoms. The van der Waals surface area contributed by atoms with Crippen LogP contribution in [0.5, 0.6) is 0 Å². The molecule has 1 aromatic heterocycles. The Labute approximate surface area is 226 Å². The van der Waals surface area contributed by atoms with Crippen LogP contribution in [0.25, 0.3) is 11.3 Å². The average molecular weight is 527 g/mol. The molecule has 2 heterocycles. The third-order valence-electron chi connectivity index (χ3n) is 6.18. The van der Waals surface area contributed by atoms with E-state index in [0.717, 1.165) is 22.4 Å². The Hall–Kier alpha value is -4.27. The summed E-state index contributed by atoms with van der Waals surface area (Å²) < 4.78 is 0. The van der Waals surface area contributed by atoms with Crippen molar-refractivity contribution in [2.24, 2.45) is 0 Å². The molecule has 4 aromatic rings. The minimum Gasteiger partial charge on any atom is -0.344 e. The van der Waals surface area contributed by atoms with Crippen LogP contribution < -0.4 is 16.0 Å². The number of carbonyl (C=O) groups is 2. The van der Waals surface area contributed by atoms with Gasteiger partial charge < -0.3 is 20.9 Å². The van der Waals surface area contributed by atoms with E-state index in [4.69, 9.17) is 16.6 Å². The maximum atomic E-state index is 13.0. The maximum absolute atomic E-state index is 13.0. The summed E-state index contributed by atoms with van der Waals surface area (Å²) in [4.78, 5) is 36.5. The van der Waals surface area contributed by atoms with Crippen molar-refractivity contribution in [1.29, 1.82) is 0 Å². The highest BCUT2D eigenvalue weighted by atomic mass is 35.5. The Morgan fingerprint density at radius 3 is 2.58 bits per heavy atom. The highest BCUT2D eigenvalue weighted by Gasteiger charge is 2.21. The van der Waals surface area contributed by atoms with Crippen molar-refractivity contribution in [2.45, 2.75) is 12.5 Å². The Kier molecular flexibility index (Phi) is 7.35. The number of carbonyl (C=O) groups excluding carboxylic acids is 2. The summed E-state index contributed by atoms with van der Waals surface area (Å²) in [6.45, 7) is 0.682. The molecule has 0 fully saturated rings. The zero-order valence-electron chi connectivity index (χ0n) is 21.0. The lowest BCUT2D eigenvalue weighted by Gasteiger charge is -2.23. The van der Waals surface area contributed by atoms with Crippen molar-refractivity contribution < 1.29 is 9.59 Å². The van der Waals surface area contributed by atoms with Gasteiger partial charge in [0, 0.05) is 40.1 Å². The number of benzene rings is 3. The second-order valence-electron chi connectivity index (χ2n) is 9.38. The first-order valence-corrected chi connectivity index (χ1v) is 12.6. The van der Waals surface area contributed by atoms with Crippen LogP contribution >= 0.6 is 11.6 Å². The van der Waals surface area contributed by atoms with Gasteiger partial charge in [0.05, 0.1) is 23.8 Å². The third kappa shape index (κ3) is 5.82. The summed E-state index contributed by atoms with van der Waals surface area (Å²) in [7, 11) is 3.96. The van der Waals surface area contributed by atoms with Crippen LogP contribution in [0.3, 0.4) is 0 Å². The van der Waals surface area contributed by atoms with Crippen molar-refractivity contribution in [3.63, 3.8) is 0 Å². The molecule has 0 bridgehead atoms. The number of hydrogen-bond acceptors (Lipinski definition) is 6. The van der Waals surface area contributed by atoms with Crippen LogP contribution in [-0.4, -0.2) is 47.3 Å². The van der Waals surface area contributed by atoms with E-state index in [1.807, 2.05) is 67.5 Å². The van der Waals surface area contributed by atoms with Crippen LogP contribution in [0.4, 0.5) is 17.3 Å². The van der Waals surface area contributed by atoms with Gasteiger partial charge in [-0.05, 0) is 62.1 Å². The number of nitrogens with one attached hydrogen (secondary N) is 3. The topological polar surface area (TPSA) is 99.2 Å². The molecular formula is C29H27ClN6O2. The number of fused-ring (bicyclic) bond motifs is 3. The molecule has 3 aromatic carbocycles. The minimum absolute atomic E-state index is 0.136. The monoisotopic (exact) mass is 526 g/mol. The SMILES string of the molecule is CN(C)CC(NC(=O)c1ccc(Nc2ncc3c(n2)-c2ccc(Cl)cc2NC(=O)C3)cc1)c1ccccc1. The van der Waals surface area contributed by atoms with E-state index in [9.17, 15) is 9.59 Å². The predicted octanol–water partition coefficient (Wildman–Crippen LogP) is 5.07. The number of amides is 2. The molecule has 2 amide bonds. The van der Waals surface area contributed by atoms with Crippen molar-refractivity contribution >= 4 is 40.7 Å². The summed E-state index contributed by atoms with van der Waals surface area (Å²) in [5.41, 5.74) is 5.11. The predicted molar refractivity (Wildman–Crippen MR) is 150 cm³/mol. The van der Waals surface area contributed by atoms with Crippen LogP contribution in [0.1, 0.15) is 27.5 Å². The second-order valence-corrected chi connectivity index (χ2v) is 9.82. The van der Waals surface area contributed by atoms with Crippen LogP contribution in [0.2, 0.25) is 5.02 Å². The van der Waals surface area contributed by atoms with E-state index >= 15 is 0 Å². The van der Waals surface area contributed by atoms with E-state index in [0.29, 0.717) is 34.5 Å². The number of likely N-dealkylation sites (N-methyl/N-ethyl adjacent to an activating group) is 1. The van der Waals surface area contributed by atoms with Crippen LogP contribution in [0.15, 0.2) is 79.0 Å². The molecule has 1 unspecified atom stereocenters. The van der Waals surface area contributed by atoms with Crippen molar-refractivity contribution in [3.05, 3.63) is 101 Å². The zero-order chi connectivity index (χ0) is 26.6. The summed E-state index contributed by atoms with van der Waals surface area (Å²) in [6, 6.07) is 22.3. The van der Waals surface area contributed by atoms with Crippen LogP contribution in [0, 0.1) is 0 Å². The van der Waals surface area contributed by atoms with Gasteiger partial charge in [0.2, 0.25) is 11.9 Å². The summed E-state index contributed by atoms with van der Waals surface area (Å²) in [5.74, 6) is 0.0813. The van der Waals surface area contributed by atoms with Crippen molar-refractivity contribution in [3.8, 4) is 11.3 Å². The molecule has 0 radical (unpaired) electrons. The van der Waals surface area contributed by atoms with Gasteiger partial charge in [-0.1, -0.05) is 41.9 Å². The first kappa shape index (κ1) is 25.4. The molecule has 1 aliphatic heterocycles. The maximum Gasteiger partial charge on any atom is 0.251 e. The molecule has 38 heavy (non-hydrogen) atoms. The fourth-order valence-corrected chi connectivity index (χ4v) is 4.56. The van der Waals surface area contributed by atoms with Crippen LogP contribution in [-0.2, 0) is 11.2 Å². The zero-order valence-corrected chi connectivity index (χ0v) is 21.8. The lowest BCUT2D eigenvalue weighted by atomic mass is 10.1. The summed E-state index contributed by atoms with van der Waals surface area (Å²) in [5, 5.41) is 9.74. The van der Waals surface area contributed by atoms with E-state index in [1.165, 1.54) is 0 Å². The van der Waals surface area contributed by atoms with Crippen molar-refractivity contribution in [2.75, 3.05) is 31.3 Å². The fourth-order valence-electron chi connectivity index (χ4n) is 4.38. The van der Waals surface area contributed by atoms with Gasteiger partial charge >= 0.3 is 0 Å². The molecular weight excluding hydrogens is 500 g/mol.